The molecule has 0 saturated carbocycles. The first-order chi connectivity index (χ1) is 60.6. The molecule has 23 heteroatoms. The summed E-state index contributed by atoms with van der Waals surface area (Å²) in [5, 5.41) is 18.2. The van der Waals surface area contributed by atoms with E-state index in [1.165, 1.54) is 24.3 Å². The molecule has 638 valence electrons. The summed E-state index contributed by atoms with van der Waals surface area (Å²) in [5.74, 6) is 5.00. The Labute approximate surface area is 740 Å². The molecule has 20 aromatic rings. The quantitative estimate of drug-likeness (QED) is 0.0619. The molecule has 0 bridgehead atoms. The topological polar surface area (TPSA) is 254 Å². The molecule has 0 radical (unpaired) electrons. The Balaban J connectivity index is 0.000000183. The van der Waals surface area contributed by atoms with Crippen LogP contribution in [-0.2, 0) is 36.6 Å². The van der Waals surface area contributed by atoms with Crippen LogP contribution < -0.4 is 9.47 Å². The molecule has 0 aliphatic rings. The van der Waals surface area contributed by atoms with E-state index in [4.69, 9.17) is 29.7 Å². The number of phenols is 2. The van der Waals surface area contributed by atoms with E-state index in [0.717, 1.165) is 147 Å². The van der Waals surface area contributed by atoms with Crippen molar-refractivity contribution in [2.75, 3.05) is 0 Å². The van der Waals surface area contributed by atoms with Gasteiger partial charge in [-0.25, -0.2) is 54.0 Å². The monoisotopic (exact) mass is 1750 g/mol. The Kier molecular flexibility index (Phi) is 26.4. The van der Waals surface area contributed by atoms with Crippen molar-refractivity contribution in [2.24, 2.45) is 7.05 Å². The van der Waals surface area contributed by atoms with Gasteiger partial charge in [-0.15, -0.1) is 0 Å². The number of hydrogen-bond donors (Lipinski definition) is 4. The van der Waals surface area contributed by atoms with Gasteiger partial charge >= 0.3 is 0 Å². The first kappa shape index (κ1) is 88.6. The number of hydrogen-bond acceptors (Lipinski definition) is 14. The molecular weight excluding hydrogens is 1670 g/mol. The van der Waals surface area contributed by atoms with Crippen molar-refractivity contribution < 1.29 is 53.7 Å². The number of H-pyrrole nitrogens is 2. The summed E-state index contributed by atoms with van der Waals surface area (Å²) < 4.78 is 120. The summed E-state index contributed by atoms with van der Waals surface area (Å²) in [7, 11) is -9.19. The summed E-state index contributed by atoms with van der Waals surface area (Å²) in [6.45, 7) is 1.91. The van der Waals surface area contributed by atoms with E-state index in [1.807, 2.05) is 214 Å². The predicted octanol–water partition coefficient (Wildman–Crippen LogP) is 25.7. The first-order valence-corrected chi connectivity index (χ1v) is 43.8. The van der Waals surface area contributed by atoms with Crippen LogP contribution >= 0.6 is 0 Å². The fraction of sp³-hybridized carbons (Fsp3) is 0.0476. The van der Waals surface area contributed by atoms with Gasteiger partial charge in [0.05, 0.1) is 73.5 Å². The highest BCUT2D eigenvalue weighted by molar-refractivity contribution is 7.92. The third-order valence-electron chi connectivity index (χ3n) is 20.7. The minimum Gasteiger partial charge on any atom is -0.508 e. The summed E-state index contributed by atoms with van der Waals surface area (Å²) in [5.41, 5.74) is 17.4. The van der Waals surface area contributed by atoms with E-state index in [-0.39, 0.29) is 63.2 Å². The number of para-hydroxylation sites is 8. The van der Waals surface area contributed by atoms with Gasteiger partial charge in [0, 0.05) is 35.0 Å². The molecule has 0 aliphatic heterocycles. The zero-order chi connectivity index (χ0) is 86.4. The molecule has 20 rings (SSSR count). The van der Waals surface area contributed by atoms with Crippen LogP contribution in [0.25, 0.3) is 118 Å². The number of ether oxygens (including phenoxy) is 2. The maximum absolute atomic E-state index is 14.0. The number of benzene rings is 16. The number of nitrogens with one attached hydrogen (secondary N) is 2. The van der Waals surface area contributed by atoms with Crippen LogP contribution in [0.1, 0.15) is 27.8 Å². The van der Waals surface area contributed by atoms with Crippen LogP contribution in [0.5, 0.6) is 34.5 Å². The zero-order valence-electron chi connectivity index (χ0n) is 66.8. The normalized spacial score (nSPS) is 11.2. The Morgan fingerprint density at radius 2 is 0.594 bits per heavy atom. The smallest absolute Gasteiger partial charge is 0.206 e. The largest absolute Gasteiger partial charge is 0.508 e. The lowest BCUT2D eigenvalue weighted by Gasteiger charge is -2.12. The summed E-state index contributed by atoms with van der Waals surface area (Å²) in [6.07, 6.45) is 0. The van der Waals surface area contributed by atoms with Crippen LogP contribution in [-0.4, -0.2) is 74.5 Å². The second-order valence-electron chi connectivity index (χ2n) is 29.1. The van der Waals surface area contributed by atoms with Gasteiger partial charge in [0.15, 0.2) is 0 Å². The number of fused-ring (bicyclic) bond motifs is 4. The number of sulfone groups is 3. The lowest BCUT2D eigenvalue weighted by Crippen LogP contribution is -2.03. The highest BCUT2D eigenvalue weighted by Gasteiger charge is 2.24. The van der Waals surface area contributed by atoms with Crippen molar-refractivity contribution >= 4 is 73.6 Å². The molecular formula is C105H86F2N8O10S3. The Morgan fingerprint density at radius 3 is 0.984 bits per heavy atom. The van der Waals surface area contributed by atoms with Crippen LogP contribution in [0.2, 0.25) is 0 Å². The molecule has 0 atom stereocenters. The third-order valence-corrected chi connectivity index (χ3v) is 26.1. The maximum Gasteiger partial charge on any atom is 0.206 e. The van der Waals surface area contributed by atoms with Crippen LogP contribution in [0.3, 0.4) is 0 Å². The van der Waals surface area contributed by atoms with E-state index in [2.05, 4.69) is 59.4 Å². The van der Waals surface area contributed by atoms with Crippen molar-refractivity contribution in [1.82, 2.24) is 39.0 Å². The molecule has 0 fully saturated rings. The van der Waals surface area contributed by atoms with E-state index >= 15 is 0 Å². The Morgan fingerprint density at radius 1 is 0.297 bits per heavy atom. The number of phenolic OH excluding ortho intramolecular Hbond substituents is 2. The van der Waals surface area contributed by atoms with Crippen LogP contribution in [0.15, 0.2) is 418 Å². The molecule has 0 aliphatic carbocycles. The fourth-order valence-electron chi connectivity index (χ4n) is 14.2. The van der Waals surface area contributed by atoms with Crippen molar-refractivity contribution in [1.29, 1.82) is 0 Å². The molecule has 18 nitrogen and oxygen atoms in total. The van der Waals surface area contributed by atoms with Gasteiger partial charge in [-0.1, -0.05) is 173 Å². The Bertz CT molecular complexity index is 7400. The number of rotatable bonds is 17. The highest BCUT2D eigenvalue weighted by Crippen LogP contribution is 2.37. The minimum absolute atomic E-state index is 0. The molecule has 4 aromatic heterocycles. The van der Waals surface area contributed by atoms with Crippen molar-refractivity contribution in [2.45, 2.75) is 58.6 Å². The SMILES string of the molecule is C.C.C.Cc1ccc(S(=O)(=O)c2ccc(Oc3ccc(-c4ccc(Oc5ccc(S(=O)(=O)c6ccc(-n7c(-c8cccc(-c9nc%10ccccc%10n9C)c8)nc8ccccc87)cc6)cc5)cc4)cc3)cc2)cc1.O=S(=O)(c1ccc(F)cc1)c1ccc(F)cc1.Oc1ccc(-c2ccc(O)cc2)cc1.c1cc(-c2nc3ccccc3[nH]2)cc(-c2nc3ccccc3[nH]2)c1. The van der Waals surface area contributed by atoms with E-state index in [1.54, 1.807) is 109 Å². The number of aromatic amines is 2. The van der Waals surface area contributed by atoms with E-state index < -0.39 is 41.1 Å². The number of aromatic hydroxyl groups is 2. The lowest BCUT2D eigenvalue weighted by atomic mass is 10.1. The molecule has 4 heterocycles. The van der Waals surface area contributed by atoms with E-state index in [9.17, 15) is 34.0 Å². The van der Waals surface area contributed by atoms with Gasteiger partial charge in [0.2, 0.25) is 29.5 Å². The first-order valence-electron chi connectivity index (χ1n) is 39.4. The minimum atomic E-state index is -3.87. The van der Waals surface area contributed by atoms with Gasteiger partial charge in [-0.3, -0.25) is 4.57 Å². The summed E-state index contributed by atoms with van der Waals surface area (Å²) >= 11 is 0. The summed E-state index contributed by atoms with van der Waals surface area (Å²) in [6, 6.07) is 113. The average molecular weight is 1750 g/mol. The lowest BCUT2D eigenvalue weighted by molar-refractivity contribution is 0.474. The zero-order valence-corrected chi connectivity index (χ0v) is 69.2. The number of nitrogens with zero attached hydrogens (tertiary/aromatic N) is 6. The van der Waals surface area contributed by atoms with Crippen molar-refractivity contribution in [3.63, 3.8) is 0 Å². The van der Waals surface area contributed by atoms with Crippen molar-refractivity contribution in [3.8, 4) is 108 Å². The summed E-state index contributed by atoms with van der Waals surface area (Å²) in [4.78, 5) is 26.8. The van der Waals surface area contributed by atoms with Crippen LogP contribution in [0, 0.1) is 18.6 Å². The van der Waals surface area contributed by atoms with Gasteiger partial charge < -0.3 is 34.2 Å². The van der Waals surface area contributed by atoms with E-state index in [0.29, 0.717) is 23.0 Å². The number of imidazole rings is 4. The second-order valence-corrected chi connectivity index (χ2v) is 35.0. The number of halogens is 2. The Hall–Kier alpha value is -15.7. The predicted molar refractivity (Wildman–Crippen MR) is 503 cm³/mol. The molecule has 128 heavy (non-hydrogen) atoms. The fourth-order valence-corrected chi connectivity index (χ4v) is 18.0. The average Bonchev–Trinajstić information content (AvgIpc) is 1.60. The van der Waals surface area contributed by atoms with Gasteiger partial charge in [0.25, 0.3) is 0 Å². The maximum atomic E-state index is 14.0. The molecule has 0 spiro atoms. The number of aryl methyl sites for hydroxylation is 2. The van der Waals surface area contributed by atoms with Gasteiger partial charge in [-0.2, -0.15) is 0 Å². The standard InChI is InChI=1S/C58H42N4O6S2.C20H14N4.C12H8F2O2S.C12H10O2.3CH4/c1-39-14-30-49(31-15-39)69(63,64)51-34-26-47(27-35-51)67-45-22-16-40(17-23-45)41-18-24-46(25-19-41)68-48-28-36-52(37-29-48)70(65,66)50-32-20-44(21-33-50)62-56-13-6-4-11-54(56)60-58(62)43-9-7-8-42(38-43)57-59-53-10-3-5-12-55(53)61(57)2;1-2-9-16-15(8-1)21-19(22-16)13-6-5-7-14(12-13)20-23-17-10-3-4-11-18(17)24-20;13-9-1-5-11(6-2-9)17(15,16)12-7-3-10(14)4-8-12;13-11-5-1-9(2-6-11)10-3-7-12(14)8-4-10;;;/h3-38H,1-2H3;1-12H,(H,21,22)(H,23,24);1-8H;1-8,13-14H;3*1H4. The number of aromatic nitrogens is 8. The van der Waals surface area contributed by atoms with Crippen molar-refractivity contribution in [3.05, 3.63) is 405 Å². The van der Waals surface area contributed by atoms with Crippen LogP contribution in [0.4, 0.5) is 8.78 Å². The van der Waals surface area contributed by atoms with Gasteiger partial charge in [0.1, 0.15) is 69.4 Å². The second kappa shape index (κ2) is 38.2. The highest BCUT2D eigenvalue weighted by atomic mass is 32.2. The molecule has 0 amide bonds. The third kappa shape index (κ3) is 19.5. The molecule has 4 N–H and O–H groups in total. The van der Waals surface area contributed by atoms with Gasteiger partial charge in [-0.05, 0) is 272 Å². The molecule has 16 aromatic carbocycles. The molecule has 0 unspecified atom stereocenters. The molecule has 0 saturated heterocycles.